The molecule has 0 N–H and O–H groups in total. The lowest BCUT2D eigenvalue weighted by atomic mass is 10.1. The van der Waals surface area contributed by atoms with Gasteiger partial charge in [0, 0.05) is 27.1 Å². The molecule has 0 fully saturated rings. The van der Waals surface area contributed by atoms with E-state index in [1.54, 1.807) is 0 Å². The van der Waals surface area contributed by atoms with E-state index in [1.165, 1.54) is 16.0 Å². The van der Waals surface area contributed by atoms with Gasteiger partial charge in [0.25, 0.3) is 0 Å². The van der Waals surface area contributed by atoms with Gasteiger partial charge in [-0.1, -0.05) is 40.2 Å². The van der Waals surface area contributed by atoms with Gasteiger partial charge in [0.2, 0.25) is 0 Å². The molecule has 3 heteroatoms. The fourth-order valence-corrected chi connectivity index (χ4v) is 3.67. The number of carbonyl (C=O) groups excluding carboxylic acids is 1. The van der Waals surface area contributed by atoms with Crippen LogP contribution in [0.2, 0.25) is 0 Å². The first-order chi connectivity index (χ1) is 9.24. The van der Waals surface area contributed by atoms with Gasteiger partial charge in [-0.3, -0.25) is 4.79 Å². The van der Waals surface area contributed by atoms with Crippen molar-refractivity contribution in [3.8, 4) is 0 Å². The minimum absolute atomic E-state index is 0.293. The van der Waals surface area contributed by atoms with E-state index in [0.717, 1.165) is 22.2 Å². The Balaban J connectivity index is 1.78. The zero-order valence-corrected chi connectivity index (χ0v) is 12.8. The number of halogens is 1. The molecule has 0 amide bonds. The molecule has 0 spiro atoms. The molecule has 0 saturated heterocycles. The summed E-state index contributed by atoms with van der Waals surface area (Å²) in [5, 5.41) is 0. The predicted octanol–water partition coefficient (Wildman–Crippen LogP) is 4.87. The number of Topliss-reactive ketones (excluding diaryl/α,β-unsaturated/α-hetero) is 1. The minimum Gasteiger partial charge on any atom is -0.294 e. The average Bonchev–Trinajstić information content (AvgIpc) is 2.81. The molecule has 2 aromatic carbocycles. The zero-order chi connectivity index (χ0) is 13.2. The molecular weight excluding hydrogens is 320 g/mol. The number of benzene rings is 2. The molecule has 0 aliphatic heterocycles. The molecule has 2 aromatic rings. The van der Waals surface area contributed by atoms with Crippen molar-refractivity contribution >= 4 is 33.5 Å². The van der Waals surface area contributed by atoms with Gasteiger partial charge in [0.1, 0.15) is 0 Å². The first-order valence-corrected chi connectivity index (χ1v) is 8.04. The van der Waals surface area contributed by atoms with E-state index >= 15 is 0 Å². The van der Waals surface area contributed by atoms with Gasteiger partial charge in [0.05, 0.1) is 0 Å². The lowest BCUT2D eigenvalue weighted by Gasteiger charge is -2.07. The minimum atomic E-state index is 0.293. The fraction of sp³-hybridized carbons (Fsp3) is 0.188. The van der Waals surface area contributed by atoms with Crippen LogP contribution in [0.1, 0.15) is 27.9 Å². The second-order valence-corrected chi connectivity index (χ2v) is 6.55. The van der Waals surface area contributed by atoms with Crippen molar-refractivity contribution in [2.45, 2.75) is 23.5 Å². The van der Waals surface area contributed by atoms with Crippen LogP contribution >= 0.6 is 27.7 Å². The van der Waals surface area contributed by atoms with Crippen LogP contribution in [0.15, 0.2) is 51.8 Å². The van der Waals surface area contributed by atoms with Gasteiger partial charge in [-0.25, -0.2) is 0 Å². The van der Waals surface area contributed by atoms with Crippen LogP contribution in [0.25, 0.3) is 0 Å². The molecule has 0 aromatic heterocycles. The Bertz CT molecular complexity index is 619. The van der Waals surface area contributed by atoms with Gasteiger partial charge in [0.15, 0.2) is 5.78 Å². The first-order valence-electron chi connectivity index (χ1n) is 6.26. The maximum atomic E-state index is 11.7. The normalized spacial score (nSPS) is 13.6. The van der Waals surface area contributed by atoms with Gasteiger partial charge in [-0.15, -0.1) is 11.8 Å². The Morgan fingerprint density at radius 1 is 1.05 bits per heavy atom. The maximum Gasteiger partial charge on any atom is 0.163 e. The lowest BCUT2D eigenvalue weighted by Crippen LogP contribution is -1.91. The molecule has 0 unspecified atom stereocenters. The number of carbonyl (C=O) groups is 1. The van der Waals surface area contributed by atoms with Crippen molar-refractivity contribution in [3.05, 3.63) is 63.6 Å². The van der Waals surface area contributed by atoms with E-state index in [0.29, 0.717) is 12.2 Å². The molecule has 0 atom stereocenters. The van der Waals surface area contributed by atoms with Crippen molar-refractivity contribution in [2.24, 2.45) is 0 Å². The van der Waals surface area contributed by atoms with Crippen LogP contribution < -0.4 is 0 Å². The third-order valence-electron chi connectivity index (χ3n) is 3.34. The largest absolute Gasteiger partial charge is 0.294 e. The van der Waals surface area contributed by atoms with Crippen molar-refractivity contribution in [3.63, 3.8) is 0 Å². The summed E-state index contributed by atoms with van der Waals surface area (Å²) in [7, 11) is 0. The first kappa shape index (κ1) is 12.9. The molecule has 19 heavy (non-hydrogen) atoms. The van der Waals surface area contributed by atoms with Gasteiger partial charge in [-0.05, 0) is 35.7 Å². The van der Waals surface area contributed by atoms with Crippen molar-refractivity contribution in [1.82, 2.24) is 0 Å². The van der Waals surface area contributed by atoms with Crippen molar-refractivity contribution < 1.29 is 4.79 Å². The van der Waals surface area contributed by atoms with E-state index in [-0.39, 0.29) is 0 Å². The summed E-state index contributed by atoms with van der Waals surface area (Å²) in [5.74, 6) is 1.24. The summed E-state index contributed by atoms with van der Waals surface area (Å²) in [6.45, 7) is 0. The van der Waals surface area contributed by atoms with Crippen LogP contribution in [0.4, 0.5) is 0 Å². The topological polar surface area (TPSA) is 17.1 Å². The summed E-state index contributed by atoms with van der Waals surface area (Å²) in [5.41, 5.74) is 3.48. The molecular formula is C16H13BrOS. The number of fused-ring (bicyclic) bond motifs is 1. The highest BCUT2D eigenvalue weighted by Crippen LogP contribution is 2.33. The lowest BCUT2D eigenvalue weighted by molar-refractivity contribution is 0.0994. The molecule has 1 aliphatic rings. The van der Waals surface area contributed by atoms with Crippen LogP contribution in [0, 0.1) is 0 Å². The molecule has 0 radical (unpaired) electrons. The van der Waals surface area contributed by atoms with Crippen molar-refractivity contribution in [1.29, 1.82) is 0 Å². The molecule has 0 saturated carbocycles. The molecule has 96 valence electrons. The molecule has 1 aliphatic carbocycles. The third kappa shape index (κ3) is 2.77. The van der Waals surface area contributed by atoms with Crippen LogP contribution in [-0.4, -0.2) is 5.78 Å². The smallest absolute Gasteiger partial charge is 0.163 e. The molecule has 1 nitrogen and oxygen atoms in total. The number of hydrogen-bond donors (Lipinski definition) is 0. The predicted molar refractivity (Wildman–Crippen MR) is 82.8 cm³/mol. The highest BCUT2D eigenvalue weighted by atomic mass is 79.9. The van der Waals surface area contributed by atoms with Gasteiger partial charge >= 0.3 is 0 Å². The fourth-order valence-electron chi connectivity index (χ4n) is 2.33. The average molecular weight is 333 g/mol. The van der Waals surface area contributed by atoms with E-state index in [1.807, 2.05) is 23.9 Å². The molecule has 0 bridgehead atoms. The summed E-state index contributed by atoms with van der Waals surface area (Å²) >= 11 is 5.26. The van der Waals surface area contributed by atoms with Gasteiger partial charge < -0.3 is 0 Å². The number of rotatable bonds is 3. The van der Waals surface area contributed by atoms with Crippen molar-refractivity contribution in [2.75, 3.05) is 0 Å². The van der Waals surface area contributed by atoms with E-state index in [9.17, 15) is 4.79 Å². The third-order valence-corrected chi connectivity index (χ3v) is 5.04. The Kier molecular flexibility index (Phi) is 3.76. The van der Waals surface area contributed by atoms with Crippen LogP contribution in [0.5, 0.6) is 0 Å². The monoisotopic (exact) mass is 332 g/mol. The van der Waals surface area contributed by atoms with E-state index in [4.69, 9.17) is 0 Å². The quantitative estimate of drug-likeness (QED) is 0.746. The second-order valence-electron chi connectivity index (χ2n) is 4.62. The number of hydrogen-bond acceptors (Lipinski definition) is 2. The highest BCUT2D eigenvalue weighted by molar-refractivity contribution is 9.10. The Hall–Kier alpha value is -1.06. The number of thioether (sulfide) groups is 1. The SMILES string of the molecule is O=C1CCc2c(SCc3ccc(Br)cc3)cccc21. The second kappa shape index (κ2) is 5.51. The Morgan fingerprint density at radius 2 is 1.84 bits per heavy atom. The number of ketones is 1. The summed E-state index contributed by atoms with van der Waals surface area (Å²) < 4.78 is 1.10. The van der Waals surface area contributed by atoms with Crippen LogP contribution in [0.3, 0.4) is 0 Å². The summed E-state index contributed by atoms with van der Waals surface area (Å²) in [4.78, 5) is 13.0. The van der Waals surface area contributed by atoms with Gasteiger partial charge in [-0.2, -0.15) is 0 Å². The highest BCUT2D eigenvalue weighted by Gasteiger charge is 2.21. The summed E-state index contributed by atoms with van der Waals surface area (Å²) in [6, 6.07) is 14.5. The Morgan fingerprint density at radius 3 is 2.63 bits per heavy atom. The standard InChI is InChI=1S/C16H13BrOS/c17-12-6-4-11(5-7-12)10-19-16-3-1-2-13-14(16)8-9-15(13)18/h1-7H,8-10H2. The summed E-state index contributed by atoms with van der Waals surface area (Å²) in [6.07, 6.45) is 1.57. The molecule has 0 heterocycles. The Labute approximate surface area is 125 Å². The molecule has 3 rings (SSSR count). The van der Waals surface area contributed by atoms with Crippen LogP contribution in [-0.2, 0) is 12.2 Å². The van der Waals surface area contributed by atoms with E-state index in [2.05, 4.69) is 46.3 Å². The van der Waals surface area contributed by atoms with E-state index < -0.39 is 0 Å². The maximum absolute atomic E-state index is 11.7. The zero-order valence-electron chi connectivity index (χ0n) is 10.4.